The fourth-order valence-electron chi connectivity index (χ4n) is 13.5. The molecule has 3 aromatic carbocycles. The smallest absolute Gasteiger partial charge is 0.171 e. The Morgan fingerprint density at radius 3 is 0.942 bits per heavy atom. The maximum Gasteiger partial charge on any atom is 0.393 e. The van der Waals surface area contributed by atoms with Gasteiger partial charge in [0.05, 0.1) is 5.41 Å². The second-order valence-corrected chi connectivity index (χ2v) is 44.6. The van der Waals surface area contributed by atoms with Crippen molar-refractivity contribution in [2.75, 3.05) is 0 Å². The Hall–Kier alpha value is -2.55. The van der Waals surface area contributed by atoms with E-state index in [-0.39, 0.29) is 38.4 Å². The molecule has 3 aromatic rings. The minimum absolute atomic E-state index is 0.0670. The van der Waals surface area contributed by atoms with Gasteiger partial charge in [-0.1, -0.05) is 438 Å². The molecular weight excluding hydrogens is 1270 g/mol. The first-order valence-electron chi connectivity index (χ1n) is 47.1. The highest BCUT2D eigenvalue weighted by Gasteiger charge is 2.49. The number of halogens is 3. The van der Waals surface area contributed by atoms with Crippen molar-refractivity contribution < 1.29 is 31.0 Å². The van der Waals surface area contributed by atoms with E-state index >= 15 is 0 Å². The van der Waals surface area contributed by atoms with Crippen LogP contribution in [0.1, 0.15) is 508 Å². The summed E-state index contributed by atoms with van der Waals surface area (Å²) >= 11 is 0. The average Bonchev–Trinajstić information content (AvgIpc) is 1.26. The lowest BCUT2D eigenvalue weighted by Gasteiger charge is -2.45. The first-order chi connectivity index (χ1) is 50.6. The van der Waals surface area contributed by atoms with E-state index in [1.54, 1.807) is 37.5 Å². The van der Waals surface area contributed by atoms with Crippen molar-refractivity contribution in [3.63, 3.8) is 0 Å². The molecule has 2 aliphatic rings. The SMILES string of the molecule is CC(C)(C)C1(C)CCCC1.CC(C)(C)C1(C)CCCCC1.CC(C)(C)c1ccccc1.CC(C)c1cc(C(C)C)c(C(C)(C)C)c(C(C)C)c1.[2H]C(C)(C)c1cccc(C(C)(C)C)c1C(C)(C)C.[2H]C([2H])(C(C)(C)C)C(C)(C)C.[2H]C([2H])(C(C)(C)C)C(C)(C)C(F)(F)F.[2H]C([2H])(C(C)C)C(C)(C)C.[2H]C([2H])([2H])C([2H])(C([2H])([2H])C)C(C)(C)C. The van der Waals surface area contributed by atoms with Crippen LogP contribution in [0.2, 0.25) is 0 Å². The van der Waals surface area contributed by atoms with E-state index in [0.29, 0.717) is 44.8 Å². The molecule has 2 saturated carbocycles. The molecule has 0 saturated heterocycles. The molecule has 0 N–H and O–H groups in total. The largest absolute Gasteiger partial charge is 0.393 e. The maximum atomic E-state index is 12.6. The monoisotopic (exact) mass is 1470 g/mol. The van der Waals surface area contributed by atoms with Crippen LogP contribution in [-0.2, 0) is 21.7 Å². The van der Waals surface area contributed by atoms with E-state index in [9.17, 15) is 13.2 Å². The Balaban J connectivity index is -0.000000620. The highest BCUT2D eigenvalue weighted by Crippen LogP contribution is 2.52. The van der Waals surface area contributed by atoms with Crippen LogP contribution in [0.4, 0.5) is 13.2 Å². The molecular formula is C101H189F3. The molecule has 5 rings (SSSR count). The summed E-state index contributed by atoms with van der Waals surface area (Å²) in [6.45, 7) is 95.0. The van der Waals surface area contributed by atoms with Crippen LogP contribution < -0.4 is 0 Å². The van der Waals surface area contributed by atoms with Gasteiger partial charge in [0.2, 0.25) is 0 Å². The Labute approximate surface area is 673 Å². The molecule has 3 heteroatoms. The van der Waals surface area contributed by atoms with Gasteiger partial charge in [-0.05, 0) is 195 Å². The zero-order valence-electron chi connectivity index (χ0n) is 91.6. The van der Waals surface area contributed by atoms with Gasteiger partial charge >= 0.3 is 6.18 Å². The first-order valence-corrected chi connectivity index (χ1v) is 40.6. The average molecular weight is 1470 g/mol. The lowest BCUT2D eigenvalue weighted by atomic mass is 9.61. The van der Waals surface area contributed by atoms with Crippen molar-refractivity contribution >= 4 is 0 Å². The molecule has 2 fully saturated rings. The van der Waals surface area contributed by atoms with E-state index in [4.69, 9.17) is 17.8 Å². The topological polar surface area (TPSA) is 0 Å². The first kappa shape index (κ1) is 83.9. The molecule has 0 nitrogen and oxygen atoms in total. The van der Waals surface area contributed by atoms with E-state index in [0.717, 1.165) is 26.3 Å². The van der Waals surface area contributed by atoms with Gasteiger partial charge in [-0.25, -0.2) is 0 Å². The molecule has 0 radical (unpaired) electrons. The third kappa shape index (κ3) is 44.9. The van der Waals surface area contributed by atoms with Gasteiger partial charge in [0.15, 0.2) is 0 Å². The van der Waals surface area contributed by atoms with Gasteiger partial charge < -0.3 is 0 Å². The molecule has 1 atom stereocenters. The standard InChI is InChI=1S/C19H32.C17H28.C11H22.C10H20.C10H14.C9H17F3.C9H20.2C8H18/c1-12(2)15-10-16(13(3)4)18(19(7,8)9)17(11-15)14(5)6;1-12(2)13-10-9-11-14(16(3,4)5)15(13)17(6,7)8;1-10(2,3)11(4)8-6-5-7-9-11;1-9(2,3)10(4)7-5-6-8-10;1-10(2,3)9-7-5-4-6-8-9;1-7(2,3)6-8(4,5)9(10,11)12;1-8(2,3)7-9(4,5)6;1-7(2)6-8(3,4)5;1-6-7(2)8(3,4)5/h10-14H,1-9H3;9-12H,1-8H3;5-9H2,1-4H3;5-8H2,1-4H3;4-8H,1-3H3;6H2,1-5H3;7H2,1-6H3;2*7H,6H2,1-5H3/i;12D;;;;6D2;7D2;6D2;2D3,6D2,7D. The number of hydrogen-bond donors (Lipinski definition) is 0. The molecule has 0 amide bonds. The number of hydrogen-bond acceptors (Lipinski definition) is 0. The highest BCUT2D eigenvalue weighted by molar-refractivity contribution is 5.47. The fourth-order valence-corrected chi connectivity index (χ4v) is 13.5. The minimum atomic E-state index is -4.54. The van der Waals surface area contributed by atoms with Crippen LogP contribution in [0.5, 0.6) is 0 Å². The summed E-state index contributed by atoms with van der Waals surface area (Å²) in [6.07, 6.45) is 1.93. The fraction of sp³-hybridized carbons (Fsp3) is 0.822. The predicted molar refractivity (Wildman–Crippen MR) is 472 cm³/mol. The predicted octanol–water partition coefficient (Wildman–Crippen LogP) is 36.0. The molecule has 1 unspecified atom stereocenters. The number of alkyl halides is 3. The third-order valence-electron chi connectivity index (χ3n) is 19.8. The summed E-state index contributed by atoms with van der Waals surface area (Å²) in [6, 6.07) is 21.9. The molecule has 0 bridgehead atoms. The summed E-state index contributed by atoms with van der Waals surface area (Å²) in [5, 5.41) is 0. The van der Waals surface area contributed by atoms with Crippen LogP contribution in [-0.4, -0.2) is 6.18 Å². The summed E-state index contributed by atoms with van der Waals surface area (Å²) in [5.74, 6) is -0.788. The van der Waals surface area contributed by atoms with Crippen LogP contribution in [0, 0.1) is 66.0 Å². The lowest BCUT2D eigenvalue weighted by Crippen LogP contribution is -2.35. The van der Waals surface area contributed by atoms with E-state index in [2.05, 4.69) is 241 Å². The van der Waals surface area contributed by atoms with Crippen molar-refractivity contribution in [1.29, 1.82) is 0 Å². The van der Waals surface area contributed by atoms with Gasteiger partial charge in [0, 0.05) is 17.8 Å². The molecule has 0 spiro atoms. The minimum Gasteiger partial charge on any atom is -0.171 e. The van der Waals surface area contributed by atoms with E-state index in [1.165, 1.54) is 101 Å². The van der Waals surface area contributed by atoms with Crippen molar-refractivity contribution in [2.24, 2.45) is 66.0 Å². The van der Waals surface area contributed by atoms with Gasteiger partial charge in [-0.2, -0.15) is 13.2 Å². The van der Waals surface area contributed by atoms with Gasteiger partial charge in [-0.3, -0.25) is 0 Å². The van der Waals surface area contributed by atoms with Crippen molar-refractivity contribution in [3.05, 3.63) is 105 Å². The van der Waals surface area contributed by atoms with E-state index in [1.807, 2.05) is 90.0 Å². The second-order valence-electron chi connectivity index (χ2n) is 44.6. The maximum absolute atomic E-state index is 12.6. The molecule has 2 aliphatic carbocycles. The molecule has 0 heterocycles. The van der Waals surface area contributed by atoms with Gasteiger partial charge in [-0.15, -0.1) is 0 Å². The zero-order chi connectivity index (χ0) is 95.4. The van der Waals surface area contributed by atoms with Crippen LogP contribution in [0.3, 0.4) is 0 Å². The third-order valence-corrected chi connectivity index (χ3v) is 19.8. The van der Waals surface area contributed by atoms with Crippen molar-refractivity contribution in [2.45, 2.75) is 474 Å². The van der Waals surface area contributed by atoms with Crippen LogP contribution >= 0.6 is 0 Å². The molecule has 104 heavy (non-hydrogen) atoms. The van der Waals surface area contributed by atoms with Crippen LogP contribution in [0.15, 0.2) is 60.7 Å². The quantitative estimate of drug-likeness (QED) is 0.221. The van der Waals surface area contributed by atoms with Crippen LogP contribution in [0.25, 0.3) is 0 Å². The summed E-state index contributed by atoms with van der Waals surface area (Å²) in [5.41, 5.74) is 9.21. The summed E-state index contributed by atoms with van der Waals surface area (Å²) < 4.78 is 137. The van der Waals surface area contributed by atoms with Gasteiger partial charge in [0.1, 0.15) is 0 Å². The van der Waals surface area contributed by atoms with E-state index < -0.39 is 66.6 Å². The number of rotatable bonds is 7. The Morgan fingerprint density at radius 2 is 0.769 bits per heavy atom. The highest BCUT2D eigenvalue weighted by atomic mass is 19.4. The number of benzene rings is 3. The zero-order valence-corrected chi connectivity index (χ0v) is 78.6. The Bertz CT molecular complexity index is 3180. The molecule has 614 valence electrons. The normalized spacial score (nSPS) is 18.8. The second kappa shape index (κ2) is 42.7. The van der Waals surface area contributed by atoms with Crippen molar-refractivity contribution in [3.8, 4) is 0 Å². The Kier molecular flexibility index (Phi) is 34.5. The van der Waals surface area contributed by atoms with Crippen molar-refractivity contribution in [1.82, 2.24) is 0 Å². The Morgan fingerprint density at radius 1 is 0.413 bits per heavy atom. The lowest BCUT2D eigenvalue weighted by molar-refractivity contribution is -0.220. The summed E-state index contributed by atoms with van der Waals surface area (Å²) in [4.78, 5) is 0. The molecule has 0 aliphatic heterocycles. The molecule has 0 aromatic heterocycles. The van der Waals surface area contributed by atoms with Gasteiger partial charge in [0.25, 0.3) is 0 Å². The summed E-state index contributed by atoms with van der Waals surface area (Å²) in [7, 11) is 0.